The molecule has 0 spiro atoms. The summed E-state index contributed by atoms with van der Waals surface area (Å²) in [6.45, 7) is 1.40. The molecule has 0 aromatic heterocycles. The highest BCUT2D eigenvalue weighted by atomic mass is 35.5. The molecule has 1 fully saturated rings. The molecule has 0 saturated carbocycles. The van der Waals surface area contributed by atoms with Gasteiger partial charge in [-0.1, -0.05) is 83.3 Å². The van der Waals surface area contributed by atoms with Crippen LogP contribution in [-0.2, 0) is 14.3 Å². The first-order valence-electron chi connectivity index (χ1n) is 13.5. The van der Waals surface area contributed by atoms with E-state index in [2.05, 4.69) is 12.2 Å². The molecule has 9 nitrogen and oxygen atoms in total. The van der Waals surface area contributed by atoms with Crippen LogP contribution in [0.25, 0.3) is 0 Å². The summed E-state index contributed by atoms with van der Waals surface area (Å²) in [6.07, 6.45) is 9.93. The minimum absolute atomic E-state index is 0.255. The van der Waals surface area contributed by atoms with Crippen LogP contribution in [-0.4, -0.2) is 93.4 Å². The number of nitrogens with one attached hydrogen (secondary N) is 1. The van der Waals surface area contributed by atoms with E-state index in [1.807, 2.05) is 6.08 Å². The quantitative estimate of drug-likeness (QED) is 0.0786. The molecule has 1 aliphatic heterocycles. The summed E-state index contributed by atoms with van der Waals surface area (Å²) in [5.41, 5.74) is 0. The largest absolute Gasteiger partial charge is 0.394 e. The first-order valence-corrected chi connectivity index (χ1v) is 14.0. The molecule has 3 unspecified atom stereocenters. The van der Waals surface area contributed by atoms with Gasteiger partial charge in [0.05, 0.1) is 25.4 Å². The summed E-state index contributed by atoms with van der Waals surface area (Å²) < 4.78 is 10.8. The second-order valence-electron chi connectivity index (χ2n) is 9.58. The lowest BCUT2D eigenvalue weighted by Gasteiger charge is -2.40. The molecule has 1 aliphatic rings. The van der Waals surface area contributed by atoms with Gasteiger partial charge in [0.15, 0.2) is 6.29 Å². The Hall–Kier alpha value is -0.780. The van der Waals surface area contributed by atoms with Crippen LogP contribution in [0.1, 0.15) is 84.0 Å². The Kier molecular flexibility index (Phi) is 18.7. The zero-order chi connectivity index (χ0) is 26.8. The van der Waals surface area contributed by atoms with Crippen LogP contribution < -0.4 is 5.32 Å². The monoisotopic (exact) mass is 537 g/mol. The Morgan fingerprint density at radius 1 is 0.972 bits per heavy atom. The van der Waals surface area contributed by atoms with Crippen LogP contribution in [0.5, 0.6) is 0 Å². The second-order valence-corrected chi connectivity index (χ2v) is 9.85. The fraction of sp³-hybridized carbons (Fsp3) is 0.885. The molecule has 0 aromatic rings. The first kappa shape index (κ1) is 33.2. The topological polar surface area (TPSA) is 149 Å². The van der Waals surface area contributed by atoms with E-state index in [1.54, 1.807) is 6.08 Å². The minimum Gasteiger partial charge on any atom is -0.394 e. The van der Waals surface area contributed by atoms with Crippen molar-refractivity contribution in [1.29, 1.82) is 0 Å². The SMILES string of the molecule is CCCCCCCCCCCCCC=CC(O)C(COC1O[C@H](CO)[C@@H](O)[C@H](O)[C@H]1O)NC(=O)CCl. The number of alkyl halides is 1. The Morgan fingerprint density at radius 2 is 1.56 bits per heavy atom. The van der Waals surface area contributed by atoms with Crippen molar-refractivity contribution in [3.63, 3.8) is 0 Å². The average molecular weight is 538 g/mol. The van der Waals surface area contributed by atoms with E-state index in [0.717, 1.165) is 19.3 Å². The van der Waals surface area contributed by atoms with E-state index in [9.17, 15) is 30.3 Å². The lowest BCUT2D eigenvalue weighted by Crippen LogP contribution is -2.60. The van der Waals surface area contributed by atoms with Gasteiger partial charge in [0.1, 0.15) is 30.3 Å². The maximum absolute atomic E-state index is 11.8. The standard InChI is InChI=1S/C26H48ClNO8/c1-2-3-4-5-6-7-8-9-10-11-12-13-14-15-20(30)19(28-22(31)16-27)18-35-26-25(34)24(33)23(32)21(17-29)36-26/h14-15,19-21,23-26,29-30,32-34H,2-13,16-18H2,1H3,(H,28,31)/t19?,20?,21-,23-,24+,25-,26?/m1/s1. The number of ether oxygens (including phenoxy) is 2. The third-order valence-corrected chi connectivity index (χ3v) is 6.72. The molecule has 1 saturated heterocycles. The van der Waals surface area contributed by atoms with Crippen LogP contribution in [0, 0.1) is 0 Å². The number of rotatable bonds is 20. The molecular weight excluding hydrogens is 490 g/mol. The van der Waals surface area contributed by atoms with E-state index < -0.39 is 55.4 Å². The van der Waals surface area contributed by atoms with Gasteiger partial charge in [0.2, 0.25) is 5.91 Å². The van der Waals surface area contributed by atoms with E-state index >= 15 is 0 Å². The summed E-state index contributed by atoms with van der Waals surface area (Å²) in [6, 6.07) is -0.878. The number of aliphatic hydroxyl groups excluding tert-OH is 5. The third kappa shape index (κ3) is 13.1. The second kappa shape index (κ2) is 20.2. The van der Waals surface area contributed by atoms with Crippen molar-refractivity contribution in [3.8, 4) is 0 Å². The van der Waals surface area contributed by atoms with Crippen LogP contribution in [0.3, 0.4) is 0 Å². The lowest BCUT2D eigenvalue weighted by molar-refractivity contribution is -0.302. The lowest BCUT2D eigenvalue weighted by atomic mass is 9.99. The number of carbonyl (C=O) groups excluding carboxylic acids is 1. The molecule has 10 heteroatoms. The molecule has 0 aliphatic carbocycles. The molecule has 1 amide bonds. The van der Waals surface area contributed by atoms with Crippen molar-refractivity contribution >= 4 is 17.5 Å². The Bertz CT molecular complexity index is 594. The Morgan fingerprint density at radius 3 is 2.11 bits per heavy atom. The molecule has 0 aromatic carbocycles. The molecule has 212 valence electrons. The highest BCUT2D eigenvalue weighted by Crippen LogP contribution is 2.22. The Labute approximate surface area is 220 Å². The van der Waals surface area contributed by atoms with Crippen LogP contribution in [0.15, 0.2) is 12.2 Å². The van der Waals surface area contributed by atoms with E-state index in [0.29, 0.717) is 0 Å². The number of amides is 1. The van der Waals surface area contributed by atoms with Crippen molar-refractivity contribution < 1.29 is 39.8 Å². The highest BCUT2D eigenvalue weighted by molar-refractivity contribution is 6.27. The number of aliphatic hydroxyl groups is 5. The minimum atomic E-state index is -1.58. The van der Waals surface area contributed by atoms with Crippen molar-refractivity contribution in [3.05, 3.63) is 12.2 Å². The van der Waals surface area contributed by atoms with E-state index in [-0.39, 0.29) is 12.5 Å². The molecule has 7 atom stereocenters. The van der Waals surface area contributed by atoms with Gasteiger partial charge in [0, 0.05) is 0 Å². The number of carbonyl (C=O) groups is 1. The normalized spacial score (nSPS) is 26.2. The van der Waals surface area contributed by atoms with Crippen LogP contribution >= 0.6 is 11.6 Å². The number of allylic oxidation sites excluding steroid dienone is 1. The molecular formula is C26H48ClNO8. The molecule has 6 N–H and O–H groups in total. The van der Waals surface area contributed by atoms with Crippen molar-refractivity contribution in [2.45, 2.75) is 127 Å². The number of halogens is 1. The van der Waals surface area contributed by atoms with Crippen molar-refractivity contribution in [2.24, 2.45) is 0 Å². The van der Waals surface area contributed by atoms with Gasteiger partial charge < -0.3 is 40.3 Å². The van der Waals surface area contributed by atoms with Gasteiger partial charge in [-0.3, -0.25) is 4.79 Å². The zero-order valence-corrected chi connectivity index (χ0v) is 22.4. The Balaban J connectivity index is 2.37. The summed E-state index contributed by atoms with van der Waals surface area (Å²) in [7, 11) is 0. The van der Waals surface area contributed by atoms with Gasteiger partial charge in [-0.2, -0.15) is 0 Å². The van der Waals surface area contributed by atoms with E-state index in [1.165, 1.54) is 57.8 Å². The molecule has 1 heterocycles. The van der Waals surface area contributed by atoms with Gasteiger partial charge in [-0.25, -0.2) is 0 Å². The van der Waals surface area contributed by atoms with Crippen molar-refractivity contribution in [2.75, 3.05) is 19.1 Å². The number of unbranched alkanes of at least 4 members (excludes halogenated alkanes) is 11. The predicted octanol–water partition coefficient (Wildman–Crippen LogP) is 2.14. The predicted molar refractivity (Wildman–Crippen MR) is 139 cm³/mol. The maximum Gasteiger partial charge on any atom is 0.235 e. The van der Waals surface area contributed by atoms with Crippen molar-refractivity contribution in [1.82, 2.24) is 5.32 Å². The fourth-order valence-electron chi connectivity index (χ4n) is 4.17. The summed E-state index contributed by atoms with van der Waals surface area (Å²) in [5, 5.41) is 52.3. The van der Waals surface area contributed by atoms with Crippen LogP contribution in [0.4, 0.5) is 0 Å². The molecule has 1 rings (SSSR count). The maximum atomic E-state index is 11.8. The van der Waals surface area contributed by atoms with E-state index in [4.69, 9.17) is 21.1 Å². The first-order chi connectivity index (χ1) is 17.3. The third-order valence-electron chi connectivity index (χ3n) is 6.48. The smallest absolute Gasteiger partial charge is 0.235 e. The molecule has 0 radical (unpaired) electrons. The highest BCUT2D eigenvalue weighted by Gasteiger charge is 2.44. The summed E-state index contributed by atoms with van der Waals surface area (Å²) >= 11 is 5.58. The van der Waals surface area contributed by atoms with Gasteiger partial charge in [-0.05, 0) is 12.8 Å². The van der Waals surface area contributed by atoms with Gasteiger partial charge in [0.25, 0.3) is 0 Å². The molecule has 0 bridgehead atoms. The summed E-state index contributed by atoms with van der Waals surface area (Å²) in [4.78, 5) is 11.8. The van der Waals surface area contributed by atoms with Gasteiger partial charge in [-0.15, -0.1) is 11.6 Å². The number of hydrogen-bond acceptors (Lipinski definition) is 8. The number of hydrogen-bond donors (Lipinski definition) is 6. The zero-order valence-electron chi connectivity index (χ0n) is 21.6. The summed E-state index contributed by atoms with van der Waals surface area (Å²) in [5.74, 6) is -0.803. The van der Waals surface area contributed by atoms with Gasteiger partial charge >= 0.3 is 0 Å². The van der Waals surface area contributed by atoms with Crippen LogP contribution in [0.2, 0.25) is 0 Å². The average Bonchev–Trinajstić information content (AvgIpc) is 2.88. The fourth-order valence-corrected chi connectivity index (χ4v) is 4.25. The molecule has 36 heavy (non-hydrogen) atoms.